The third-order valence-electron chi connectivity index (χ3n) is 5.72. The van der Waals surface area contributed by atoms with Gasteiger partial charge in [0, 0.05) is 6.54 Å². The molecule has 0 aliphatic carbocycles. The quantitative estimate of drug-likeness (QED) is 0.625. The minimum absolute atomic E-state index is 0.429. The lowest BCUT2D eigenvalue weighted by atomic mass is 9.69. The van der Waals surface area contributed by atoms with E-state index in [-0.39, 0.29) is 0 Å². The van der Waals surface area contributed by atoms with Gasteiger partial charge in [-0.3, -0.25) is 0 Å². The maximum absolute atomic E-state index is 2.72. The highest BCUT2D eigenvalue weighted by molar-refractivity contribution is 4.85. The first-order chi connectivity index (χ1) is 9.03. The lowest BCUT2D eigenvalue weighted by molar-refractivity contribution is 0.0711. The molecule has 1 saturated heterocycles. The molecule has 0 spiro atoms. The molecule has 0 amide bonds. The molecule has 1 aliphatic rings. The van der Waals surface area contributed by atoms with E-state index in [2.05, 4.69) is 60.3 Å². The highest BCUT2D eigenvalue weighted by Gasteiger charge is 2.33. The van der Waals surface area contributed by atoms with Crippen molar-refractivity contribution in [1.82, 2.24) is 4.90 Å². The molecule has 1 nitrogen and oxygen atoms in total. The molecule has 0 radical (unpaired) electrons. The van der Waals surface area contributed by atoms with Gasteiger partial charge in [0.15, 0.2) is 0 Å². The second kappa shape index (κ2) is 6.81. The van der Waals surface area contributed by atoms with Gasteiger partial charge >= 0.3 is 0 Å². The summed E-state index contributed by atoms with van der Waals surface area (Å²) in [5.74, 6) is 2.58. The van der Waals surface area contributed by atoms with Crippen LogP contribution in [0.3, 0.4) is 0 Å². The Hall–Kier alpha value is -0.0400. The summed E-state index contributed by atoms with van der Waals surface area (Å²) in [7, 11) is 0. The number of likely N-dealkylation sites (tertiary alicyclic amines) is 1. The van der Waals surface area contributed by atoms with Gasteiger partial charge in [-0.1, -0.05) is 55.4 Å². The summed E-state index contributed by atoms with van der Waals surface area (Å²) in [6.45, 7) is 23.2. The Morgan fingerprint density at radius 3 is 1.85 bits per heavy atom. The van der Waals surface area contributed by atoms with Crippen molar-refractivity contribution in [2.24, 2.45) is 28.6 Å². The molecule has 1 aliphatic heterocycles. The molecular formula is C19H39N. The molecule has 0 aromatic carbocycles. The molecule has 0 N–H and O–H groups in total. The molecule has 0 saturated carbocycles. The SMILES string of the molecule is CC(C)C1CCN(CC(C)(C)CC(C)(C)C(C)C)CC1. The molecule has 1 heterocycles. The van der Waals surface area contributed by atoms with Crippen molar-refractivity contribution in [1.29, 1.82) is 0 Å². The van der Waals surface area contributed by atoms with Gasteiger partial charge in [0.25, 0.3) is 0 Å². The van der Waals surface area contributed by atoms with Gasteiger partial charge in [0.1, 0.15) is 0 Å². The summed E-state index contributed by atoms with van der Waals surface area (Å²) in [4.78, 5) is 2.72. The molecule has 0 unspecified atom stereocenters. The fourth-order valence-corrected chi connectivity index (χ4v) is 3.88. The Kier molecular flexibility index (Phi) is 6.14. The van der Waals surface area contributed by atoms with Crippen molar-refractivity contribution in [3.63, 3.8) is 0 Å². The predicted molar refractivity (Wildman–Crippen MR) is 91.0 cm³/mol. The van der Waals surface area contributed by atoms with Crippen molar-refractivity contribution >= 4 is 0 Å². The van der Waals surface area contributed by atoms with Gasteiger partial charge in [-0.15, -0.1) is 0 Å². The number of hydrogen-bond acceptors (Lipinski definition) is 1. The normalized spacial score (nSPS) is 20.1. The van der Waals surface area contributed by atoms with E-state index in [0.29, 0.717) is 10.8 Å². The minimum atomic E-state index is 0.429. The molecule has 20 heavy (non-hydrogen) atoms. The van der Waals surface area contributed by atoms with Crippen molar-refractivity contribution in [2.75, 3.05) is 19.6 Å². The second-order valence-corrected chi connectivity index (χ2v) is 9.34. The van der Waals surface area contributed by atoms with E-state index < -0.39 is 0 Å². The summed E-state index contributed by atoms with van der Waals surface area (Å²) in [6, 6.07) is 0. The van der Waals surface area contributed by atoms with E-state index in [1.807, 2.05) is 0 Å². The summed E-state index contributed by atoms with van der Waals surface area (Å²) >= 11 is 0. The summed E-state index contributed by atoms with van der Waals surface area (Å²) in [5.41, 5.74) is 0.873. The maximum atomic E-state index is 2.72. The van der Waals surface area contributed by atoms with E-state index in [1.165, 1.54) is 38.9 Å². The Labute approximate surface area is 128 Å². The molecule has 1 fully saturated rings. The smallest absolute Gasteiger partial charge is 0.00329 e. The summed E-state index contributed by atoms with van der Waals surface area (Å²) in [5, 5.41) is 0. The molecule has 0 bridgehead atoms. The van der Waals surface area contributed by atoms with Crippen LogP contribution in [-0.2, 0) is 0 Å². The van der Waals surface area contributed by atoms with Gasteiger partial charge in [-0.25, -0.2) is 0 Å². The molecule has 120 valence electrons. The fourth-order valence-electron chi connectivity index (χ4n) is 3.88. The van der Waals surface area contributed by atoms with E-state index in [1.54, 1.807) is 0 Å². The lowest BCUT2D eigenvalue weighted by Crippen LogP contribution is -2.42. The summed E-state index contributed by atoms with van der Waals surface area (Å²) in [6.07, 6.45) is 4.13. The lowest BCUT2D eigenvalue weighted by Gasteiger charge is -2.42. The van der Waals surface area contributed by atoms with Crippen LogP contribution < -0.4 is 0 Å². The van der Waals surface area contributed by atoms with Gasteiger partial charge in [-0.2, -0.15) is 0 Å². The topological polar surface area (TPSA) is 3.24 Å². The van der Waals surface area contributed by atoms with Crippen LogP contribution in [0.5, 0.6) is 0 Å². The molecule has 1 heteroatoms. The highest BCUT2D eigenvalue weighted by atomic mass is 15.1. The zero-order valence-electron chi connectivity index (χ0n) is 15.4. The molecule has 1 rings (SSSR count). The van der Waals surface area contributed by atoms with Gasteiger partial charge in [0.2, 0.25) is 0 Å². The zero-order chi connectivity index (χ0) is 15.6. The molecule has 0 aromatic heterocycles. The van der Waals surface area contributed by atoms with Crippen LogP contribution in [0.4, 0.5) is 0 Å². The standard InChI is InChI=1S/C19H39N/c1-15(2)17-9-11-20(12-10-17)14-18(5,6)13-19(7,8)16(3)4/h15-17H,9-14H2,1-8H3. The third kappa shape index (κ3) is 5.39. The van der Waals surface area contributed by atoms with Crippen LogP contribution in [0, 0.1) is 28.6 Å². The van der Waals surface area contributed by atoms with Crippen LogP contribution in [-0.4, -0.2) is 24.5 Å². The average molecular weight is 282 g/mol. The Bertz CT molecular complexity index is 280. The number of rotatable bonds is 6. The van der Waals surface area contributed by atoms with Gasteiger partial charge < -0.3 is 4.90 Å². The Balaban J connectivity index is 2.48. The summed E-state index contributed by atoms with van der Waals surface area (Å²) < 4.78 is 0. The Morgan fingerprint density at radius 1 is 0.950 bits per heavy atom. The van der Waals surface area contributed by atoms with Crippen LogP contribution in [0.15, 0.2) is 0 Å². The molecule has 0 aromatic rings. The monoisotopic (exact) mass is 281 g/mol. The minimum Gasteiger partial charge on any atom is -0.303 e. The Morgan fingerprint density at radius 2 is 1.45 bits per heavy atom. The first-order valence-electron chi connectivity index (χ1n) is 8.76. The second-order valence-electron chi connectivity index (χ2n) is 9.34. The first kappa shape index (κ1) is 18.0. The van der Waals surface area contributed by atoms with Gasteiger partial charge in [0.05, 0.1) is 0 Å². The van der Waals surface area contributed by atoms with Crippen LogP contribution >= 0.6 is 0 Å². The highest BCUT2D eigenvalue weighted by Crippen LogP contribution is 2.40. The molecular weight excluding hydrogens is 242 g/mol. The third-order valence-corrected chi connectivity index (χ3v) is 5.72. The largest absolute Gasteiger partial charge is 0.303 e. The predicted octanol–water partition coefficient (Wildman–Crippen LogP) is 5.45. The maximum Gasteiger partial charge on any atom is 0.00329 e. The van der Waals surface area contributed by atoms with Crippen LogP contribution in [0.1, 0.15) is 74.7 Å². The van der Waals surface area contributed by atoms with Crippen molar-refractivity contribution < 1.29 is 0 Å². The van der Waals surface area contributed by atoms with Crippen molar-refractivity contribution in [2.45, 2.75) is 74.7 Å². The van der Waals surface area contributed by atoms with Crippen molar-refractivity contribution in [3.05, 3.63) is 0 Å². The zero-order valence-corrected chi connectivity index (χ0v) is 15.4. The van der Waals surface area contributed by atoms with E-state index in [4.69, 9.17) is 0 Å². The van der Waals surface area contributed by atoms with E-state index in [0.717, 1.165) is 17.8 Å². The van der Waals surface area contributed by atoms with Gasteiger partial charge in [-0.05, 0) is 60.9 Å². The van der Waals surface area contributed by atoms with Crippen LogP contribution in [0.25, 0.3) is 0 Å². The van der Waals surface area contributed by atoms with Crippen molar-refractivity contribution in [3.8, 4) is 0 Å². The van der Waals surface area contributed by atoms with Crippen LogP contribution in [0.2, 0.25) is 0 Å². The fraction of sp³-hybridized carbons (Fsp3) is 1.00. The number of nitrogens with zero attached hydrogens (tertiary/aromatic N) is 1. The van der Waals surface area contributed by atoms with E-state index >= 15 is 0 Å². The first-order valence-corrected chi connectivity index (χ1v) is 8.76. The van der Waals surface area contributed by atoms with E-state index in [9.17, 15) is 0 Å². The molecule has 0 atom stereocenters. The number of hydrogen-bond donors (Lipinski definition) is 0. The average Bonchev–Trinajstić information content (AvgIpc) is 2.27. The number of piperidine rings is 1.